The Bertz CT molecular complexity index is 599. The van der Waals surface area contributed by atoms with Crippen molar-refractivity contribution in [1.29, 1.82) is 0 Å². The fourth-order valence-electron chi connectivity index (χ4n) is 2.13. The van der Waals surface area contributed by atoms with E-state index in [2.05, 4.69) is 6.92 Å². The van der Waals surface area contributed by atoms with Crippen molar-refractivity contribution in [3.8, 4) is 0 Å². The van der Waals surface area contributed by atoms with Crippen LogP contribution in [0.3, 0.4) is 0 Å². The smallest absolute Gasteiger partial charge is 0.261 e. The van der Waals surface area contributed by atoms with Gasteiger partial charge in [-0.15, -0.1) is 0 Å². The highest BCUT2D eigenvalue weighted by atomic mass is 35.7. The highest BCUT2D eigenvalue weighted by Crippen LogP contribution is 2.23. The van der Waals surface area contributed by atoms with E-state index in [4.69, 9.17) is 10.7 Å². The topological polar surface area (TPSA) is 54.5 Å². The van der Waals surface area contributed by atoms with Crippen molar-refractivity contribution in [2.45, 2.75) is 44.4 Å². The number of nitrogens with zero attached hydrogens (tertiary/aromatic N) is 1. The van der Waals surface area contributed by atoms with Gasteiger partial charge >= 0.3 is 0 Å². The van der Waals surface area contributed by atoms with E-state index in [1.807, 2.05) is 6.92 Å². The second-order valence-corrected chi connectivity index (χ2v) is 7.58. The summed E-state index contributed by atoms with van der Waals surface area (Å²) in [4.78, 5) is 13.9. The summed E-state index contributed by atoms with van der Waals surface area (Å²) < 4.78 is 23.2. The van der Waals surface area contributed by atoms with Crippen molar-refractivity contribution in [1.82, 2.24) is 4.90 Å². The third kappa shape index (κ3) is 5.00. The number of rotatable bonds is 7. The zero-order chi connectivity index (χ0) is 16.0. The Balaban J connectivity index is 3.01. The number of carbonyl (C=O) groups is 1. The Morgan fingerprint density at radius 3 is 2.43 bits per heavy atom. The first-order valence-electron chi connectivity index (χ1n) is 7.14. The molecular formula is C15H22ClNO3S. The Kier molecular flexibility index (Phi) is 6.68. The molecule has 21 heavy (non-hydrogen) atoms. The molecule has 1 aromatic rings. The van der Waals surface area contributed by atoms with Gasteiger partial charge in [-0.05, 0) is 30.5 Å². The van der Waals surface area contributed by atoms with Crippen molar-refractivity contribution in [3.63, 3.8) is 0 Å². The quantitative estimate of drug-likeness (QED) is 0.568. The Morgan fingerprint density at radius 2 is 1.90 bits per heavy atom. The molecule has 118 valence electrons. The molecule has 1 amide bonds. The highest BCUT2D eigenvalue weighted by molar-refractivity contribution is 8.13. The summed E-state index contributed by atoms with van der Waals surface area (Å²) in [6.45, 7) is 4.60. The van der Waals surface area contributed by atoms with Crippen LogP contribution in [0.5, 0.6) is 0 Å². The Hall–Kier alpha value is -1.07. The van der Waals surface area contributed by atoms with Gasteiger partial charge in [0.15, 0.2) is 0 Å². The van der Waals surface area contributed by atoms with Crippen molar-refractivity contribution < 1.29 is 13.2 Å². The molecule has 1 aromatic carbocycles. The molecule has 0 spiro atoms. The molecule has 0 heterocycles. The molecule has 0 radical (unpaired) electrons. The number of carbonyl (C=O) groups excluding carboxylic acids is 1. The van der Waals surface area contributed by atoms with E-state index in [9.17, 15) is 13.2 Å². The van der Waals surface area contributed by atoms with Gasteiger partial charge in [0.05, 0.1) is 4.90 Å². The minimum atomic E-state index is -3.85. The van der Waals surface area contributed by atoms with Crippen molar-refractivity contribution in [2.24, 2.45) is 0 Å². The average Bonchev–Trinajstić information content (AvgIpc) is 2.45. The van der Waals surface area contributed by atoms with Crippen molar-refractivity contribution in [2.75, 3.05) is 13.6 Å². The third-order valence-electron chi connectivity index (χ3n) is 3.40. The molecule has 0 saturated heterocycles. The Morgan fingerprint density at radius 1 is 1.24 bits per heavy atom. The second kappa shape index (κ2) is 7.80. The number of aryl methyl sites for hydroxylation is 1. The first-order valence-corrected chi connectivity index (χ1v) is 9.45. The van der Waals surface area contributed by atoms with Gasteiger partial charge < -0.3 is 4.90 Å². The van der Waals surface area contributed by atoms with Crippen LogP contribution in [-0.4, -0.2) is 32.8 Å². The number of unbranched alkanes of at least 4 members (excludes halogenated alkanes) is 2. The molecule has 0 bridgehead atoms. The molecule has 0 aliphatic rings. The lowest BCUT2D eigenvalue weighted by Crippen LogP contribution is -2.27. The number of hydrogen-bond donors (Lipinski definition) is 0. The summed E-state index contributed by atoms with van der Waals surface area (Å²) in [6, 6.07) is 4.69. The van der Waals surface area contributed by atoms with Gasteiger partial charge in [0, 0.05) is 29.8 Å². The van der Waals surface area contributed by atoms with E-state index in [1.54, 1.807) is 24.1 Å². The molecule has 0 N–H and O–H groups in total. The van der Waals surface area contributed by atoms with E-state index >= 15 is 0 Å². The summed E-state index contributed by atoms with van der Waals surface area (Å²) >= 11 is 0. The van der Waals surface area contributed by atoms with Crippen LogP contribution < -0.4 is 0 Å². The molecule has 0 fully saturated rings. The van der Waals surface area contributed by atoms with Gasteiger partial charge in [-0.2, -0.15) is 0 Å². The SMILES string of the molecule is CCCCCN(C)C(=O)c1ccc(CC)c(S(=O)(=O)Cl)c1. The van der Waals surface area contributed by atoms with Crippen molar-refractivity contribution in [3.05, 3.63) is 29.3 Å². The maximum Gasteiger partial charge on any atom is 0.261 e. The van der Waals surface area contributed by atoms with Gasteiger partial charge in [0.25, 0.3) is 15.0 Å². The van der Waals surface area contributed by atoms with Crippen LogP contribution in [0.25, 0.3) is 0 Å². The summed E-state index contributed by atoms with van der Waals surface area (Å²) in [5, 5.41) is 0. The van der Waals surface area contributed by atoms with E-state index < -0.39 is 9.05 Å². The number of amides is 1. The summed E-state index contributed by atoms with van der Waals surface area (Å²) in [6.07, 6.45) is 3.63. The summed E-state index contributed by atoms with van der Waals surface area (Å²) in [5.74, 6) is -0.185. The summed E-state index contributed by atoms with van der Waals surface area (Å²) in [7, 11) is 3.32. The van der Waals surface area contributed by atoms with Crippen molar-refractivity contribution >= 4 is 25.6 Å². The zero-order valence-electron chi connectivity index (χ0n) is 12.7. The molecule has 0 saturated carbocycles. The van der Waals surface area contributed by atoms with Gasteiger partial charge in [0.1, 0.15) is 0 Å². The minimum Gasteiger partial charge on any atom is -0.342 e. The average molecular weight is 332 g/mol. The Labute approximate surface area is 131 Å². The molecular weight excluding hydrogens is 310 g/mol. The van der Waals surface area contributed by atoms with Crippen LogP contribution in [0.15, 0.2) is 23.1 Å². The van der Waals surface area contributed by atoms with E-state index in [0.29, 0.717) is 24.1 Å². The van der Waals surface area contributed by atoms with Crippen LogP contribution in [0.4, 0.5) is 0 Å². The van der Waals surface area contributed by atoms with E-state index in [0.717, 1.165) is 19.3 Å². The summed E-state index contributed by atoms with van der Waals surface area (Å²) in [5.41, 5.74) is 0.973. The fourth-order valence-corrected chi connectivity index (χ4v) is 3.35. The van der Waals surface area contributed by atoms with Gasteiger partial charge in [-0.3, -0.25) is 4.79 Å². The molecule has 0 aliphatic carbocycles. The first-order chi connectivity index (χ1) is 9.81. The van der Waals surface area contributed by atoms with Crippen LogP contribution in [0.1, 0.15) is 49.0 Å². The van der Waals surface area contributed by atoms with Gasteiger partial charge in [0.2, 0.25) is 0 Å². The minimum absolute atomic E-state index is 0.0273. The maximum absolute atomic E-state index is 12.3. The predicted octanol–water partition coefficient (Wildman–Crippen LogP) is 3.44. The van der Waals surface area contributed by atoms with Crippen LogP contribution in [0, 0.1) is 0 Å². The molecule has 6 heteroatoms. The van der Waals surface area contributed by atoms with Gasteiger partial charge in [-0.1, -0.05) is 32.8 Å². The lowest BCUT2D eigenvalue weighted by molar-refractivity contribution is 0.0792. The fraction of sp³-hybridized carbons (Fsp3) is 0.533. The largest absolute Gasteiger partial charge is 0.342 e. The molecule has 1 rings (SSSR count). The third-order valence-corrected chi connectivity index (χ3v) is 4.81. The van der Waals surface area contributed by atoms with Gasteiger partial charge in [-0.25, -0.2) is 8.42 Å². The highest BCUT2D eigenvalue weighted by Gasteiger charge is 2.19. The second-order valence-electron chi connectivity index (χ2n) is 5.05. The normalized spacial score (nSPS) is 11.4. The van der Waals surface area contributed by atoms with Crippen LogP contribution in [0.2, 0.25) is 0 Å². The van der Waals surface area contributed by atoms with Crippen LogP contribution in [-0.2, 0) is 15.5 Å². The molecule has 0 aliphatic heterocycles. The van der Waals surface area contributed by atoms with Crippen LogP contribution >= 0.6 is 10.7 Å². The molecule has 0 unspecified atom stereocenters. The maximum atomic E-state index is 12.3. The lowest BCUT2D eigenvalue weighted by Gasteiger charge is -2.17. The first kappa shape index (κ1) is 18.0. The molecule has 4 nitrogen and oxygen atoms in total. The standard InChI is InChI=1S/C15H22ClNO3S/c1-4-6-7-10-17(3)15(18)13-9-8-12(5-2)14(11-13)21(16,19)20/h8-9,11H,4-7,10H2,1-3H3. The number of benzene rings is 1. The van der Waals surface area contributed by atoms with E-state index in [-0.39, 0.29) is 10.8 Å². The monoisotopic (exact) mass is 331 g/mol. The van der Waals surface area contributed by atoms with E-state index in [1.165, 1.54) is 6.07 Å². The number of hydrogen-bond acceptors (Lipinski definition) is 3. The molecule has 0 aromatic heterocycles. The lowest BCUT2D eigenvalue weighted by atomic mass is 10.1. The predicted molar refractivity (Wildman–Crippen MR) is 85.3 cm³/mol. The zero-order valence-corrected chi connectivity index (χ0v) is 14.3. The molecule has 0 atom stereocenters. The number of halogens is 1.